The second-order valence-corrected chi connectivity index (χ2v) is 6.57. The molecule has 5 nitrogen and oxygen atoms in total. The average Bonchev–Trinajstić information content (AvgIpc) is 3.12. The highest BCUT2D eigenvalue weighted by molar-refractivity contribution is 5.58. The molecule has 0 N–H and O–H groups in total. The van der Waals surface area contributed by atoms with E-state index in [4.69, 9.17) is 4.52 Å². The van der Waals surface area contributed by atoms with Crippen molar-refractivity contribution in [1.82, 2.24) is 15.0 Å². The zero-order valence-electron chi connectivity index (χ0n) is 14.7. The molecule has 1 aliphatic heterocycles. The molecule has 1 aliphatic rings. The summed E-state index contributed by atoms with van der Waals surface area (Å²) in [6.07, 6.45) is 0. The summed E-state index contributed by atoms with van der Waals surface area (Å²) >= 11 is 0. The van der Waals surface area contributed by atoms with E-state index in [1.807, 2.05) is 43.3 Å². The first kappa shape index (κ1) is 16.7. The van der Waals surface area contributed by atoms with Crippen molar-refractivity contribution in [2.75, 3.05) is 31.1 Å². The predicted molar refractivity (Wildman–Crippen MR) is 98.4 cm³/mol. The average molecular weight is 352 g/mol. The van der Waals surface area contributed by atoms with Gasteiger partial charge in [0.05, 0.1) is 6.54 Å². The van der Waals surface area contributed by atoms with Gasteiger partial charge in [0.1, 0.15) is 5.82 Å². The van der Waals surface area contributed by atoms with Gasteiger partial charge >= 0.3 is 0 Å². The van der Waals surface area contributed by atoms with E-state index in [9.17, 15) is 4.39 Å². The lowest BCUT2D eigenvalue weighted by molar-refractivity contribution is 0.215. The highest BCUT2D eigenvalue weighted by atomic mass is 19.1. The molecule has 2 aromatic carbocycles. The lowest BCUT2D eigenvalue weighted by Crippen LogP contribution is -2.46. The maximum atomic E-state index is 13.1. The number of hydrogen-bond acceptors (Lipinski definition) is 5. The third-order valence-electron chi connectivity index (χ3n) is 4.78. The maximum Gasteiger partial charge on any atom is 0.241 e. The fourth-order valence-corrected chi connectivity index (χ4v) is 3.26. The molecule has 0 amide bonds. The van der Waals surface area contributed by atoms with Gasteiger partial charge in [-0.1, -0.05) is 29.4 Å². The van der Waals surface area contributed by atoms with Gasteiger partial charge in [0.15, 0.2) is 0 Å². The van der Waals surface area contributed by atoms with Crippen LogP contribution in [-0.2, 0) is 6.54 Å². The zero-order chi connectivity index (χ0) is 17.9. The third kappa shape index (κ3) is 3.60. The van der Waals surface area contributed by atoms with Crippen LogP contribution in [0.3, 0.4) is 0 Å². The first-order chi connectivity index (χ1) is 12.7. The minimum absolute atomic E-state index is 0.201. The molecule has 6 heteroatoms. The summed E-state index contributed by atoms with van der Waals surface area (Å²) in [7, 11) is 0. The number of benzene rings is 2. The minimum atomic E-state index is -0.201. The maximum absolute atomic E-state index is 13.1. The number of halogens is 1. The van der Waals surface area contributed by atoms with Gasteiger partial charge in [-0.05, 0) is 36.8 Å². The van der Waals surface area contributed by atoms with Gasteiger partial charge in [-0.3, -0.25) is 4.90 Å². The molecule has 26 heavy (non-hydrogen) atoms. The van der Waals surface area contributed by atoms with Gasteiger partial charge in [-0.25, -0.2) is 4.39 Å². The molecule has 0 saturated carbocycles. The van der Waals surface area contributed by atoms with Crippen molar-refractivity contribution in [3.63, 3.8) is 0 Å². The molecule has 134 valence electrons. The van der Waals surface area contributed by atoms with E-state index in [0.29, 0.717) is 18.3 Å². The number of aromatic nitrogens is 2. The summed E-state index contributed by atoms with van der Waals surface area (Å²) in [6, 6.07) is 14.7. The number of hydrogen-bond donors (Lipinski definition) is 0. The number of rotatable bonds is 4. The van der Waals surface area contributed by atoms with E-state index >= 15 is 0 Å². The topological polar surface area (TPSA) is 45.4 Å². The molecule has 1 fully saturated rings. The smallest absolute Gasteiger partial charge is 0.241 e. The molecule has 0 unspecified atom stereocenters. The van der Waals surface area contributed by atoms with Crippen LogP contribution in [0.4, 0.5) is 10.1 Å². The van der Waals surface area contributed by atoms with Gasteiger partial charge < -0.3 is 9.42 Å². The lowest BCUT2D eigenvalue weighted by Gasteiger charge is -2.35. The Morgan fingerprint density at radius 1 is 1.00 bits per heavy atom. The van der Waals surface area contributed by atoms with Crippen LogP contribution >= 0.6 is 0 Å². The van der Waals surface area contributed by atoms with E-state index in [0.717, 1.165) is 43.0 Å². The third-order valence-corrected chi connectivity index (χ3v) is 4.78. The lowest BCUT2D eigenvalue weighted by atomic mass is 10.1. The quantitative estimate of drug-likeness (QED) is 0.719. The molecule has 1 aromatic heterocycles. The summed E-state index contributed by atoms with van der Waals surface area (Å²) in [5.41, 5.74) is 3.20. The van der Waals surface area contributed by atoms with Crippen molar-refractivity contribution in [1.29, 1.82) is 0 Å². The molecular weight excluding hydrogens is 331 g/mol. The summed E-state index contributed by atoms with van der Waals surface area (Å²) in [5.74, 6) is 1.08. The number of nitrogens with zero attached hydrogens (tertiary/aromatic N) is 4. The molecule has 0 spiro atoms. The molecule has 0 bridgehead atoms. The molecule has 2 heterocycles. The summed E-state index contributed by atoms with van der Waals surface area (Å²) in [4.78, 5) is 9.11. The second-order valence-electron chi connectivity index (χ2n) is 6.57. The molecule has 0 radical (unpaired) electrons. The van der Waals surface area contributed by atoms with Crippen LogP contribution in [0, 0.1) is 12.7 Å². The van der Waals surface area contributed by atoms with Crippen molar-refractivity contribution in [2.45, 2.75) is 13.5 Å². The van der Waals surface area contributed by atoms with E-state index in [1.54, 1.807) is 0 Å². The van der Waals surface area contributed by atoms with Crippen LogP contribution in [-0.4, -0.2) is 41.2 Å². The van der Waals surface area contributed by atoms with Crippen molar-refractivity contribution in [2.24, 2.45) is 0 Å². The van der Waals surface area contributed by atoms with Crippen LogP contribution in [0.5, 0.6) is 0 Å². The van der Waals surface area contributed by atoms with Gasteiger partial charge in [0.25, 0.3) is 0 Å². The van der Waals surface area contributed by atoms with Crippen molar-refractivity contribution in [3.05, 3.63) is 65.8 Å². The molecule has 0 aliphatic carbocycles. The second kappa shape index (κ2) is 7.25. The Bertz CT molecular complexity index is 870. The van der Waals surface area contributed by atoms with Gasteiger partial charge in [0.2, 0.25) is 11.7 Å². The van der Waals surface area contributed by atoms with E-state index in [1.165, 1.54) is 12.1 Å². The van der Waals surface area contributed by atoms with Gasteiger partial charge in [-0.2, -0.15) is 4.98 Å². The molecule has 3 aromatic rings. The Kier molecular flexibility index (Phi) is 4.67. The van der Waals surface area contributed by atoms with Crippen LogP contribution in [0.1, 0.15) is 11.5 Å². The minimum Gasteiger partial charge on any atom is -0.369 e. The fourth-order valence-electron chi connectivity index (χ4n) is 3.26. The number of piperazine rings is 1. The zero-order valence-corrected chi connectivity index (χ0v) is 14.7. The van der Waals surface area contributed by atoms with E-state index < -0.39 is 0 Å². The summed E-state index contributed by atoms with van der Waals surface area (Å²) in [6.45, 7) is 6.28. The predicted octanol–water partition coefficient (Wildman–Crippen LogP) is 3.51. The van der Waals surface area contributed by atoms with Crippen LogP contribution in [0.15, 0.2) is 53.1 Å². The van der Waals surface area contributed by atoms with Crippen LogP contribution in [0.25, 0.3) is 11.4 Å². The van der Waals surface area contributed by atoms with Crippen molar-refractivity contribution in [3.8, 4) is 11.4 Å². The van der Waals surface area contributed by atoms with Gasteiger partial charge in [-0.15, -0.1) is 0 Å². The Hall–Kier alpha value is -2.73. The first-order valence-corrected chi connectivity index (χ1v) is 8.80. The number of aryl methyl sites for hydroxylation is 1. The Labute approximate surface area is 152 Å². The molecular formula is C20H21FN4O. The van der Waals surface area contributed by atoms with Crippen LogP contribution < -0.4 is 4.90 Å². The Morgan fingerprint density at radius 2 is 1.73 bits per heavy atom. The van der Waals surface area contributed by atoms with E-state index in [-0.39, 0.29) is 5.82 Å². The fraction of sp³-hybridized carbons (Fsp3) is 0.300. The van der Waals surface area contributed by atoms with E-state index in [2.05, 4.69) is 19.9 Å². The van der Waals surface area contributed by atoms with Crippen LogP contribution in [0.2, 0.25) is 0 Å². The summed E-state index contributed by atoms with van der Waals surface area (Å²) < 4.78 is 18.5. The first-order valence-electron chi connectivity index (χ1n) is 8.80. The standard InChI is InChI=1S/C20H21FN4O/c1-15-4-2-3-5-18(15)20-22-19(26-23-20)14-24-10-12-25(13-11-24)17-8-6-16(21)7-9-17/h2-9H,10-14H2,1H3. The highest BCUT2D eigenvalue weighted by Crippen LogP contribution is 2.21. The number of anilines is 1. The monoisotopic (exact) mass is 352 g/mol. The SMILES string of the molecule is Cc1ccccc1-c1noc(CN2CCN(c3ccc(F)cc3)CC2)n1. The van der Waals surface area contributed by atoms with Crippen molar-refractivity contribution >= 4 is 5.69 Å². The largest absolute Gasteiger partial charge is 0.369 e. The highest BCUT2D eigenvalue weighted by Gasteiger charge is 2.20. The molecule has 1 saturated heterocycles. The molecule has 4 rings (SSSR count). The van der Waals surface area contributed by atoms with Crippen molar-refractivity contribution < 1.29 is 8.91 Å². The summed E-state index contributed by atoms with van der Waals surface area (Å²) in [5, 5.41) is 4.12. The Morgan fingerprint density at radius 3 is 2.46 bits per heavy atom. The van der Waals surface area contributed by atoms with Gasteiger partial charge in [0, 0.05) is 37.4 Å². The Balaban J connectivity index is 1.36. The normalized spacial score (nSPS) is 15.4. The molecule has 0 atom stereocenters.